The van der Waals surface area contributed by atoms with E-state index in [-0.39, 0.29) is 12.5 Å². The van der Waals surface area contributed by atoms with Gasteiger partial charge >= 0.3 is 0 Å². The Labute approximate surface area is 202 Å². The third-order valence-corrected chi connectivity index (χ3v) is 6.64. The van der Waals surface area contributed by atoms with E-state index >= 15 is 0 Å². The van der Waals surface area contributed by atoms with Gasteiger partial charge in [-0.05, 0) is 43.0 Å². The molecule has 2 aliphatic heterocycles. The van der Waals surface area contributed by atoms with Crippen molar-refractivity contribution in [3.05, 3.63) is 64.8 Å². The van der Waals surface area contributed by atoms with Crippen LogP contribution >= 0.6 is 0 Å². The number of methoxy groups -OCH3 is 1. The van der Waals surface area contributed by atoms with Gasteiger partial charge in [0.15, 0.2) is 0 Å². The Morgan fingerprint density at radius 2 is 1.88 bits per heavy atom. The first-order valence-electron chi connectivity index (χ1n) is 12.2. The molecule has 1 amide bonds. The summed E-state index contributed by atoms with van der Waals surface area (Å²) in [5.41, 5.74) is 6.83. The highest BCUT2D eigenvalue weighted by Crippen LogP contribution is 2.23. The Kier molecular flexibility index (Phi) is 7.50. The van der Waals surface area contributed by atoms with Crippen molar-refractivity contribution in [1.29, 1.82) is 0 Å². The SMILES string of the molecule is CCc1cccc(-c2cc(CC)n(CC(=O)N3CCN(C4=C(C)CC=NC(OC)=C4)CC3)n2)c1. The van der Waals surface area contributed by atoms with Gasteiger partial charge in [-0.3, -0.25) is 9.48 Å². The molecule has 0 atom stereocenters. The number of aromatic nitrogens is 2. The molecule has 4 rings (SSSR count). The fourth-order valence-corrected chi connectivity index (χ4v) is 4.52. The lowest BCUT2D eigenvalue weighted by Gasteiger charge is -2.37. The van der Waals surface area contributed by atoms with Gasteiger partial charge < -0.3 is 14.5 Å². The number of hydrogen-bond donors (Lipinski definition) is 0. The molecule has 0 aliphatic carbocycles. The number of carbonyl (C=O) groups is 1. The van der Waals surface area contributed by atoms with Gasteiger partial charge in [0.2, 0.25) is 11.8 Å². The topological polar surface area (TPSA) is 63.0 Å². The lowest BCUT2D eigenvalue weighted by atomic mass is 10.1. The molecule has 2 aromatic rings. The molecule has 1 saturated heterocycles. The zero-order chi connectivity index (χ0) is 24.1. The monoisotopic (exact) mass is 461 g/mol. The molecular formula is C27H35N5O2. The van der Waals surface area contributed by atoms with Gasteiger partial charge in [-0.25, -0.2) is 4.99 Å². The Morgan fingerprint density at radius 3 is 2.59 bits per heavy atom. The molecule has 0 saturated carbocycles. The summed E-state index contributed by atoms with van der Waals surface area (Å²) in [5.74, 6) is 0.741. The molecule has 1 aromatic heterocycles. The third kappa shape index (κ3) is 5.24. The summed E-state index contributed by atoms with van der Waals surface area (Å²) in [6.45, 7) is 9.65. The van der Waals surface area contributed by atoms with Crippen LogP contribution in [0.15, 0.2) is 58.6 Å². The molecule has 0 spiro atoms. The zero-order valence-corrected chi connectivity index (χ0v) is 20.8. The standard InChI is InChI=1S/C27H35N5O2/c1-5-21-8-7-9-22(16-21)24-17-23(6-2)32(29-24)19-27(33)31-14-12-30(13-15-31)25-18-26(34-4)28-11-10-20(25)3/h7-9,11,16-18H,5-6,10,12-15,19H2,1-4H3. The van der Waals surface area contributed by atoms with Crippen molar-refractivity contribution in [2.75, 3.05) is 33.3 Å². The molecule has 0 radical (unpaired) electrons. The van der Waals surface area contributed by atoms with E-state index in [2.05, 4.69) is 61.0 Å². The highest BCUT2D eigenvalue weighted by atomic mass is 16.5. The minimum atomic E-state index is 0.120. The fraction of sp³-hybridized carbons (Fsp3) is 0.444. The quantitative estimate of drug-likeness (QED) is 0.624. The van der Waals surface area contributed by atoms with Gasteiger partial charge in [0, 0.05) is 61.8 Å². The van der Waals surface area contributed by atoms with E-state index in [0.717, 1.165) is 55.0 Å². The molecule has 1 fully saturated rings. The second kappa shape index (κ2) is 10.7. The fourth-order valence-electron chi connectivity index (χ4n) is 4.52. The maximum Gasteiger partial charge on any atom is 0.244 e. The van der Waals surface area contributed by atoms with Crippen LogP contribution < -0.4 is 0 Å². The first-order chi connectivity index (χ1) is 16.5. The van der Waals surface area contributed by atoms with Crippen LogP contribution in [0.2, 0.25) is 0 Å². The summed E-state index contributed by atoms with van der Waals surface area (Å²) in [7, 11) is 1.64. The highest BCUT2D eigenvalue weighted by Gasteiger charge is 2.24. The number of benzene rings is 1. The maximum absolute atomic E-state index is 13.2. The summed E-state index contributed by atoms with van der Waals surface area (Å²) in [4.78, 5) is 21.8. The normalized spacial score (nSPS) is 16.5. The third-order valence-electron chi connectivity index (χ3n) is 6.64. The molecule has 3 heterocycles. The first-order valence-corrected chi connectivity index (χ1v) is 12.2. The average molecular weight is 462 g/mol. The van der Waals surface area contributed by atoms with Crippen LogP contribution in [-0.2, 0) is 28.9 Å². The van der Waals surface area contributed by atoms with Gasteiger partial charge in [-0.1, -0.05) is 32.0 Å². The predicted octanol–water partition coefficient (Wildman–Crippen LogP) is 4.06. The molecular weight excluding hydrogens is 426 g/mol. The smallest absolute Gasteiger partial charge is 0.244 e. The number of allylic oxidation sites excluding steroid dienone is 2. The van der Waals surface area contributed by atoms with Crippen LogP contribution in [0.3, 0.4) is 0 Å². The number of hydrogen-bond acceptors (Lipinski definition) is 5. The van der Waals surface area contributed by atoms with Gasteiger partial charge in [0.1, 0.15) is 6.54 Å². The largest absolute Gasteiger partial charge is 0.481 e. The number of ether oxygens (including phenoxy) is 1. The number of aliphatic imine (C=N–C) groups is 1. The second-order valence-electron chi connectivity index (χ2n) is 8.82. The summed E-state index contributed by atoms with van der Waals surface area (Å²) in [6, 6.07) is 10.6. The van der Waals surface area contributed by atoms with Crippen LogP contribution in [0, 0.1) is 0 Å². The molecule has 34 heavy (non-hydrogen) atoms. The van der Waals surface area contributed by atoms with Crippen LogP contribution in [0.25, 0.3) is 11.3 Å². The van der Waals surface area contributed by atoms with Crippen molar-refractivity contribution in [2.24, 2.45) is 4.99 Å². The molecule has 0 bridgehead atoms. The van der Waals surface area contributed by atoms with E-state index in [0.29, 0.717) is 19.0 Å². The number of aryl methyl sites for hydroxylation is 2. The highest BCUT2D eigenvalue weighted by molar-refractivity contribution is 5.76. The van der Waals surface area contributed by atoms with Crippen molar-refractivity contribution in [3.8, 4) is 11.3 Å². The molecule has 7 heteroatoms. The molecule has 2 aliphatic rings. The lowest BCUT2D eigenvalue weighted by molar-refractivity contribution is -0.133. The Balaban J connectivity index is 1.42. The van der Waals surface area contributed by atoms with Crippen molar-refractivity contribution in [3.63, 3.8) is 0 Å². The van der Waals surface area contributed by atoms with Gasteiger partial charge in [0.25, 0.3) is 0 Å². The minimum Gasteiger partial charge on any atom is -0.481 e. The number of nitrogens with zero attached hydrogens (tertiary/aromatic N) is 5. The van der Waals surface area contributed by atoms with Gasteiger partial charge in [-0.15, -0.1) is 0 Å². The van der Waals surface area contributed by atoms with E-state index in [1.54, 1.807) is 7.11 Å². The van der Waals surface area contributed by atoms with Gasteiger partial charge in [-0.2, -0.15) is 5.10 Å². The van der Waals surface area contributed by atoms with Crippen molar-refractivity contribution >= 4 is 12.1 Å². The van der Waals surface area contributed by atoms with E-state index in [1.807, 2.05) is 21.9 Å². The minimum absolute atomic E-state index is 0.120. The maximum atomic E-state index is 13.2. The summed E-state index contributed by atoms with van der Waals surface area (Å²) >= 11 is 0. The van der Waals surface area contributed by atoms with Crippen molar-refractivity contribution in [2.45, 2.75) is 46.6 Å². The molecule has 7 nitrogen and oxygen atoms in total. The molecule has 0 unspecified atom stereocenters. The van der Waals surface area contributed by atoms with Crippen LogP contribution in [-0.4, -0.2) is 65.0 Å². The van der Waals surface area contributed by atoms with Crippen molar-refractivity contribution < 1.29 is 9.53 Å². The van der Waals surface area contributed by atoms with Crippen LogP contribution in [0.1, 0.15) is 38.4 Å². The molecule has 180 valence electrons. The number of carbonyl (C=O) groups excluding carboxylic acids is 1. The Morgan fingerprint density at radius 1 is 1.09 bits per heavy atom. The summed E-state index contributed by atoms with van der Waals surface area (Å²) < 4.78 is 7.24. The average Bonchev–Trinajstić information content (AvgIpc) is 3.18. The number of piperazine rings is 1. The Hall–Kier alpha value is -3.35. The molecule has 1 aromatic carbocycles. The van der Waals surface area contributed by atoms with E-state index in [9.17, 15) is 4.79 Å². The first kappa shape index (κ1) is 23.8. The number of rotatable bonds is 7. The van der Waals surface area contributed by atoms with E-state index in [1.165, 1.54) is 11.1 Å². The zero-order valence-electron chi connectivity index (χ0n) is 20.8. The summed E-state index contributed by atoms with van der Waals surface area (Å²) in [5, 5.41) is 4.80. The van der Waals surface area contributed by atoms with Gasteiger partial charge in [0.05, 0.1) is 12.8 Å². The van der Waals surface area contributed by atoms with E-state index in [4.69, 9.17) is 9.84 Å². The predicted molar refractivity (Wildman–Crippen MR) is 135 cm³/mol. The van der Waals surface area contributed by atoms with Crippen LogP contribution in [0.4, 0.5) is 0 Å². The molecule has 0 N–H and O–H groups in total. The Bertz CT molecular complexity index is 1120. The lowest BCUT2D eigenvalue weighted by Crippen LogP contribution is -2.49. The number of amides is 1. The summed E-state index contributed by atoms with van der Waals surface area (Å²) in [6.07, 6.45) is 6.53. The second-order valence-corrected chi connectivity index (χ2v) is 8.82. The van der Waals surface area contributed by atoms with E-state index < -0.39 is 0 Å². The van der Waals surface area contributed by atoms with Crippen molar-refractivity contribution in [1.82, 2.24) is 19.6 Å². The van der Waals surface area contributed by atoms with Crippen LogP contribution in [0.5, 0.6) is 0 Å².